The van der Waals surface area contributed by atoms with Crippen molar-refractivity contribution in [2.45, 2.75) is 18.9 Å². The Morgan fingerprint density at radius 1 is 1.47 bits per heavy atom. The van der Waals surface area contributed by atoms with Crippen molar-refractivity contribution in [2.24, 2.45) is 0 Å². The lowest BCUT2D eigenvalue weighted by Gasteiger charge is -2.28. The van der Waals surface area contributed by atoms with Crippen LogP contribution in [-0.2, 0) is 9.59 Å². The molecule has 1 aromatic heterocycles. The third kappa shape index (κ3) is 2.35. The minimum absolute atomic E-state index is 0.136. The summed E-state index contributed by atoms with van der Waals surface area (Å²) in [5.74, 6) is 0.0828. The van der Waals surface area contributed by atoms with Crippen LogP contribution in [0.1, 0.15) is 12.8 Å². The van der Waals surface area contributed by atoms with E-state index in [2.05, 4.69) is 10.3 Å². The SMILES string of the molecule is CN1C(=O)CCC(Nc2ccc(N)nc2)C1=O. The Kier molecular flexibility index (Phi) is 2.95. The molecule has 2 amide bonds. The molecule has 1 aliphatic rings. The van der Waals surface area contributed by atoms with Crippen molar-refractivity contribution < 1.29 is 9.59 Å². The molecule has 0 radical (unpaired) electrons. The Hall–Kier alpha value is -2.11. The molecule has 1 atom stereocenters. The molecule has 6 nitrogen and oxygen atoms in total. The van der Waals surface area contributed by atoms with E-state index >= 15 is 0 Å². The molecule has 2 heterocycles. The highest BCUT2D eigenvalue weighted by molar-refractivity contribution is 6.01. The van der Waals surface area contributed by atoms with Gasteiger partial charge in [0.25, 0.3) is 5.91 Å². The second-order valence-electron chi connectivity index (χ2n) is 4.00. The van der Waals surface area contributed by atoms with Gasteiger partial charge in [0, 0.05) is 13.5 Å². The van der Waals surface area contributed by atoms with Crippen LogP contribution in [-0.4, -0.2) is 34.8 Å². The molecule has 1 saturated heterocycles. The number of likely N-dealkylation sites (tertiary alicyclic amines) is 1. The number of nitrogens with one attached hydrogen (secondary N) is 1. The highest BCUT2D eigenvalue weighted by atomic mass is 16.2. The van der Waals surface area contributed by atoms with Gasteiger partial charge in [-0.15, -0.1) is 0 Å². The number of hydrogen-bond acceptors (Lipinski definition) is 5. The first kappa shape index (κ1) is 11.4. The van der Waals surface area contributed by atoms with Crippen LogP contribution in [0.2, 0.25) is 0 Å². The highest BCUT2D eigenvalue weighted by Crippen LogP contribution is 2.17. The predicted molar refractivity (Wildman–Crippen MR) is 63.1 cm³/mol. The monoisotopic (exact) mass is 234 g/mol. The lowest BCUT2D eigenvalue weighted by Crippen LogP contribution is -2.48. The molecule has 1 unspecified atom stereocenters. The number of likely N-dealkylation sites (N-methyl/N-ethyl adjacent to an activating group) is 1. The van der Waals surface area contributed by atoms with Gasteiger partial charge in [-0.25, -0.2) is 4.98 Å². The van der Waals surface area contributed by atoms with E-state index in [1.807, 2.05) is 0 Å². The zero-order chi connectivity index (χ0) is 12.4. The smallest absolute Gasteiger partial charge is 0.251 e. The Morgan fingerprint density at radius 2 is 2.24 bits per heavy atom. The first-order valence-corrected chi connectivity index (χ1v) is 5.36. The minimum Gasteiger partial charge on any atom is -0.384 e. The van der Waals surface area contributed by atoms with Crippen LogP contribution in [0.15, 0.2) is 18.3 Å². The predicted octanol–water partition coefficient (Wildman–Crippen LogP) is 0.223. The summed E-state index contributed by atoms with van der Waals surface area (Å²) in [6.07, 6.45) is 2.45. The normalized spacial score (nSPS) is 20.5. The average molecular weight is 234 g/mol. The zero-order valence-corrected chi connectivity index (χ0v) is 9.51. The van der Waals surface area contributed by atoms with E-state index in [9.17, 15) is 9.59 Å². The molecule has 1 fully saturated rings. The highest BCUT2D eigenvalue weighted by Gasteiger charge is 2.31. The molecule has 0 aliphatic carbocycles. The van der Waals surface area contributed by atoms with Gasteiger partial charge in [-0.05, 0) is 18.6 Å². The number of aromatic nitrogens is 1. The van der Waals surface area contributed by atoms with Gasteiger partial charge < -0.3 is 11.1 Å². The summed E-state index contributed by atoms with van der Waals surface area (Å²) in [5, 5.41) is 3.05. The number of imide groups is 1. The van der Waals surface area contributed by atoms with Crippen molar-refractivity contribution in [1.29, 1.82) is 0 Å². The average Bonchev–Trinajstić information content (AvgIpc) is 2.33. The third-order valence-electron chi connectivity index (χ3n) is 2.78. The molecule has 3 N–H and O–H groups in total. The van der Waals surface area contributed by atoms with Crippen LogP contribution in [0.4, 0.5) is 11.5 Å². The fraction of sp³-hybridized carbons (Fsp3) is 0.364. The third-order valence-corrected chi connectivity index (χ3v) is 2.78. The Labute approximate surface area is 98.8 Å². The van der Waals surface area contributed by atoms with Gasteiger partial charge in [-0.2, -0.15) is 0 Å². The van der Waals surface area contributed by atoms with E-state index in [1.54, 1.807) is 18.3 Å². The summed E-state index contributed by atoms with van der Waals surface area (Å²) < 4.78 is 0. The second kappa shape index (κ2) is 4.40. The van der Waals surface area contributed by atoms with Crippen molar-refractivity contribution in [3.05, 3.63) is 18.3 Å². The lowest BCUT2D eigenvalue weighted by molar-refractivity contribution is -0.146. The summed E-state index contributed by atoms with van der Waals surface area (Å²) >= 11 is 0. The molecular weight excluding hydrogens is 220 g/mol. The number of rotatable bonds is 2. The van der Waals surface area contributed by atoms with Gasteiger partial charge in [-0.1, -0.05) is 0 Å². The van der Waals surface area contributed by atoms with Crippen LogP contribution in [0.5, 0.6) is 0 Å². The summed E-state index contributed by atoms with van der Waals surface area (Å²) in [4.78, 5) is 28.2. The fourth-order valence-electron chi connectivity index (χ4n) is 1.74. The molecular formula is C11H14N4O2. The summed E-state index contributed by atoms with van der Waals surface area (Å²) in [6.45, 7) is 0. The number of nitrogens with zero attached hydrogens (tertiary/aromatic N) is 2. The van der Waals surface area contributed by atoms with E-state index in [1.165, 1.54) is 7.05 Å². The zero-order valence-electron chi connectivity index (χ0n) is 9.51. The van der Waals surface area contributed by atoms with Crippen molar-refractivity contribution in [2.75, 3.05) is 18.1 Å². The molecule has 0 aromatic carbocycles. The number of pyridine rings is 1. The molecule has 6 heteroatoms. The molecule has 0 bridgehead atoms. The quantitative estimate of drug-likeness (QED) is 0.715. The Morgan fingerprint density at radius 3 is 2.88 bits per heavy atom. The van der Waals surface area contributed by atoms with Crippen molar-refractivity contribution in [1.82, 2.24) is 9.88 Å². The molecule has 90 valence electrons. The van der Waals surface area contributed by atoms with Gasteiger partial charge in [0.05, 0.1) is 11.9 Å². The Balaban J connectivity index is 2.06. The molecule has 17 heavy (non-hydrogen) atoms. The first-order valence-electron chi connectivity index (χ1n) is 5.36. The van der Waals surface area contributed by atoms with E-state index < -0.39 is 0 Å². The maximum Gasteiger partial charge on any atom is 0.251 e. The maximum absolute atomic E-state index is 11.8. The van der Waals surface area contributed by atoms with Crippen molar-refractivity contribution in [3.8, 4) is 0 Å². The molecule has 1 aromatic rings. The maximum atomic E-state index is 11.8. The fourth-order valence-corrected chi connectivity index (χ4v) is 1.74. The molecule has 2 rings (SSSR count). The number of anilines is 2. The van der Waals surface area contributed by atoms with Gasteiger partial charge >= 0.3 is 0 Å². The van der Waals surface area contributed by atoms with Crippen LogP contribution in [0, 0.1) is 0 Å². The number of amides is 2. The number of hydrogen-bond donors (Lipinski definition) is 2. The van der Waals surface area contributed by atoms with E-state index in [4.69, 9.17) is 5.73 Å². The van der Waals surface area contributed by atoms with Crippen molar-refractivity contribution >= 4 is 23.3 Å². The second-order valence-corrected chi connectivity index (χ2v) is 4.00. The number of carbonyl (C=O) groups excluding carboxylic acids is 2. The summed E-state index contributed by atoms with van der Waals surface area (Å²) in [7, 11) is 1.50. The molecule has 0 spiro atoms. The lowest BCUT2D eigenvalue weighted by atomic mass is 10.0. The summed E-state index contributed by atoms with van der Waals surface area (Å²) in [5.41, 5.74) is 6.19. The summed E-state index contributed by atoms with van der Waals surface area (Å²) in [6, 6.07) is 3.04. The van der Waals surface area contributed by atoms with Gasteiger partial charge in [0.15, 0.2) is 0 Å². The van der Waals surface area contributed by atoms with Gasteiger partial charge in [-0.3, -0.25) is 14.5 Å². The Bertz CT molecular complexity index is 443. The standard InChI is InChI=1S/C11H14N4O2/c1-15-10(16)5-3-8(11(15)17)14-7-2-4-9(12)13-6-7/h2,4,6,8,14H,3,5H2,1H3,(H2,12,13). The number of carbonyl (C=O) groups is 2. The molecule has 1 aliphatic heterocycles. The van der Waals surface area contributed by atoms with E-state index in [0.717, 1.165) is 10.6 Å². The van der Waals surface area contributed by atoms with Crippen LogP contribution < -0.4 is 11.1 Å². The van der Waals surface area contributed by atoms with Crippen LogP contribution in [0.3, 0.4) is 0 Å². The topological polar surface area (TPSA) is 88.3 Å². The molecule has 0 saturated carbocycles. The number of nitrogens with two attached hydrogens (primary N) is 1. The largest absolute Gasteiger partial charge is 0.384 e. The minimum atomic E-state index is -0.372. The first-order chi connectivity index (χ1) is 8.08. The van der Waals surface area contributed by atoms with E-state index in [0.29, 0.717) is 18.7 Å². The number of nitrogen functional groups attached to an aromatic ring is 1. The van der Waals surface area contributed by atoms with Crippen LogP contribution in [0.25, 0.3) is 0 Å². The van der Waals surface area contributed by atoms with Gasteiger partial charge in [0.1, 0.15) is 11.9 Å². The van der Waals surface area contributed by atoms with Crippen LogP contribution >= 0.6 is 0 Å². The van der Waals surface area contributed by atoms with Crippen molar-refractivity contribution in [3.63, 3.8) is 0 Å². The van der Waals surface area contributed by atoms with Gasteiger partial charge in [0.2, 0.25) is 5.91 Å². The number of piperidine rings is 1. The van der Waals surface area contributed by atoms with E-state index in [-0.39, 0.29) is 17.9 Å².